The van der Waals surface area contributed by atoms with Crippen molar-refractivity contribution in [2.75, 3.05) is 38.9 Å². The summed E-state index contributed by atoms with van der Waals surface area (Å²) in [5.74, 6) is -0.285. The maximum atomic E-state index is 12.9. The van der Waals surface area contributed by atoms with Gasteiger partial charge >= 0.3 is 13.5 Å². The molecule has 40 heavy (non-hydrogen) atoms. The number of phosphoric ester groups is 1. The fourth-order valence-electron chi connectivity index (χ4n) is 4.64. The first kappa shape index (κ1) is 28.2. The van der Waals surface area contributed by atoms with Crippen molar-refractivity contribution in [3.05, 3.63) is 33.5 Å². The summed E-state index contributed by atoms with van der Waals surface area (Å²) in [6.07, 6.45) is -1.83. The van der Waals surface area contributed by atoms with Gasteiger partial charge in [0.15, 0.2) is 11.2 Å². The van der Waals surface area contributed by atoms with Crippen LogP contribution in [-0.2, 0) is 32.6 Å². The molecule has 20 heteroatoms. The van der Waals surface area contributed by atoms with E-state index < -0.39 is 62.6 Å². The SMILES string of the molecule is COCC1OC(n2cnc3c(=O)[nH]c(N)nc32)CC1OP(=O)(O)OCC1OC(n2cnc(N)nc2=O)CC1OC. The van der Waals surface area contributed by atoms with Crippen LogP contribution in [0.1, 0.15) is 25.3 Å². The van der Waals surface area contributed by atoms with Gasteiger partial charge in [0.2, 0.25) is 11.9 Å². The number of aromatic amines is 1. The van der Waals surface area contributed by atoms with Gasteiger partial charge in [0.25, 0.3) is 5.56 Å². The van der Waals surface area contributed by atoms with E-state index in [1.165, 1.54) is 31.4 Å². The summed E-state index contributed by atoms with van der Waals surface area (Å²) in [5.41, 5.74) is 10.1. The summed E-state index contributed by atoms with van der Waals surface area (Å²) in [6, 6.07) is 0. The molecule has 3 aromatic heterocycles. The van der Waals surface area contributed by atoms with E-state index in [2.05, 4.69) is 24.9 Å². The quantitative estimate of drug-likeness (QED) is 0.201. The van der Waals surface area contributed by atoms with E-state index in [9.17, 15) is 19.0 Å². The summed E-state index contributed by atoms with van der Waals surface area (Å²) in [7, 11) is -1.79. The molecule has 0 aromatic carbocycles. The first-order chi connectivity index (χ1) is 19.1. The van der Waals surface area contributed by atoms with E-state index in [1.807, 2.05) is 0 Å². The number of rotatable bonds is 10. The van der Waals surface area contributed by atoms with Gasteiger partial charge in [-0.1, -0.05) is 0 Å². The number of fused-ring (bicyclic) bond motifs is 1. The molecule has 2 aliphatic heterocycles. The fourth-order valence-corrected chi connectivity index (χ4v) is 5.60. The molecule has 0 aliphatic carbocycles. The second kappa shape index (κ2) is 11.3. The normalized spacial score (nSPS) is 28.3. The number of aromatic nitrogens is 7. The average molecular weight is 585 g/mol. The van der Waals surface area contributed by atoms with Crippen molar-refractivity contribution in [1.29, 1.82) is 0 Å². The minimum Gasteiger partial charge on any atom is -0.382 e. The molecule has 5 heterocycles. The van der Waals surface area contributed by atoms with E-state index in [0.717, 1.165) is 4.57 Å². The molecule has 7 atom stereocenters. The van der Waals surface area contributed by atoms with Crippen LogP contribution >= 0.6 is 7.82 Å². The number of ether oxygens (including phenoxy) is 4. The lowest BCUT2D eigenvalue weighted by Crippen LogP contribution is -2.30. The lowest BCUT2D eigenvalue weighted by Gasteiger charge is -2.23. The number of hydrogen-bond acceptors (Lipinski definition) is 15. The molecule has 5 rings (SSSR count). The molecule has 7 unspecified atom stereocenters. The van der Waals surface area contributed by atoms with E-state index in [0.29, 0.717) is 0 Å². The van der Waals surface area contributed by atoms with Gasteiger partial charge in [-0.15, -0.1) is 0 Å². The second-order valence-electron chi connectivity index (χ2n) is 9.05. The predicted molar refractivity (Wildman–Crippen MR) is 134 cm³/mol. The van der Waals surface area contributed by atoms with Gasteiger partial charge in [-0.05, 0) is 0 Å². The zero-order valence-corrected chi connectivity index (χ0v) is 22.2. The summed E-state index contributed by atoms with van der Waals surface area (Å²) >= 11 is 0. The zero-order chi connectivity index (χ0) is 28.6. The van der Waals surface area contributed by atoms with E-state index in [1.54, 1.807) is 0 Å². The molecule has 2 fully saturated rings. The van der Waals surface area contributed by atoms with Crippen molar-refractivity contribution >= 4 is 30.9 Å². The van der Waals surface area contributed by atoms with Crippen molar-refractivity contribution < 1.29 is 37.5 Å². The Hall–Kier alpha value is -3.29. The van der Waals surface area contributed by atoms with Crippen molar-refractivity contribution in [3.8, 4) is 0 Å². The first-order valence-electron chi connectivity index (χ1n) is 12.0. The van der Waals surface area contributed by atoms with Gasteiger partial charge in [0, 0.05) is 27.1 Å². The highest BCUT2D eigenvalue weighted by molar-refractivity contribution is 7.47. The van der Waals surface area contributed by atoms with Crippen LogP contribution in [0.3, 0.4) is 0 Å². The molecule has 19 nitrogen and oxygen atoms in total. The number of imidazole rings is 1. The third kappa shape index (κ3) is 5.77. The number of nitrogens with two attached hydrogens (primary N) is 2. The van der Waals surface area contributed by atoms with Crippen LogP contribution in [0.4, 0.5) is 11.9 Å². The zero-order valence-electron chi connectivity index (χ0n) is 21.4. The summed E-state index contributed by atoms with van der Waals surface area (Å²) in [4.78, 5) is 52.7. The van der Waals surface area contributed by atoms with E-state index in [4.69, 9.17) is 39.5 Å². The standard InChI is InChI=1S/C20H28N9O10P/c1-34-5-11-10(4-13(37-11)28-7-23-15-16(28)25-19(22)26-17(15)30)39-40(32,33)36-6-12-9(35-2)3-14(38-12)29-8-24-18(21)27-20(29)31/h7-14H,3-6H2,1-2H3,(H,32,33)(H2,21,27,31)(H3,22,25,26,30). The van der Waals surface area contributed by atoms with Gasteiger partial charge < -0.3 is 35.3 Å². The summed E-state index contributed by atoms with van der Waals surface area (Å²) in [6.45, 7) is -0.362. The molecule has 0 saturated carbocycles. The summed E-state index contributed by atoms with van der Waals surface area (Å²) < 4.78 is 48.7. The number of anilines is 2. The molecule has 218 valence electrons. The number of H-pyrrole nitrogens is 1. The molecule has 0 amide bonds. The third-order valence-corrected chi connectivity index (χ3v) is 7.49. The van der Waals surface area contributed by atoms with Crippen molar-refractivity contribution in [2.45, 2.75) is 49.7 Å². The molecule has 3 aromatic rings. The minimum absolute atomic E-state index is 0.0293. The van der Waals surface area contributed by atoms with Crippen molar-refractivity contribution in [1.82, 2.24) is 34.1 Å². The number of nitrogens with zero attached hydrogens (tertiary/aromatic N) is 6. The van der Waals surface area contributed by atoms with Gasteiger partial charge in [0.05, 0.1) is 25.6 Å². The fraction of sp³-hybridized carbons (Fsp3) is 0.600. The Bertz CT molecular complexity index is 1530. The molecular weight excluding hydrogens is 557 g/mol. The third-order valence-electron chi connectivity index (χ3n) is 6.48. The van der Waals surface area contributed by atoms with Gasteiger partial charge in [-0.25, -0.2) is 19.3 Å². The highest BCUT2D eigenvalue weighted by atomic mass is 31.2. The first-order valence-corrected chi connectivity index (χ1v) is 13.5. The van der Waals surface area contributed by atoms with Crippen molar-refractivity contribution in [3.63, 3.8) is 0 Å². The van der Waals surface area contributed by atoms with Gasteiger partial charge in [-0.3, -0.25) is 28.0 Å². The van der Waals surface area contributed by atoms with Crippen LogP contribution in [0.2, 0.25) is 0 Å². The Morgan fingerprint density at radius 2 is 1.73 bits per heavy atom. The number of phosphoric acid groups is 1. The van der Waals surface area contributed by atoms with Gasteiger partial charge in [-0.2, -0.15) is 9.97 Å². The monoisotopic (exact) mass is 585 g/mol. The molecule has 0 bridgehead atoms. The Morgan fingerprint density at radius 3 is 2.42 bits per heavy atom. The topological polar surface area (TPSA) is 256 Å². The maximum absolute atomic E-state index is 12.9. The molecular formula is C20H28N9O10P. The van der Waals surface area contributed by atoms with Crippen LogP contribution < -0.4 is 22.7 Å². The lowest BCUT2D eigenvalue weighted by atomic mass is 10.2. The van der Waals surface area contributed by atoms with Crippen LogP contribution in [0.25, 0.3) is 11.2 Å². The number of methoxy groups -OCH3 is 2. The highest BCUT2D eigenvalue weighted by Crippen LogP contribution is 2.49. The molecule has 0 spiro atoms. The minimum atomic E-state index is -4.66. The Balaban J connectivity index is 1.25. The number of nitrogen functional groups attached to an aromatic ring is 2. The largest absolute Gasteiger partial charge is 0.472 e. The Labute approximate surface area is 225 Å². The van der Waals surface area contributed by atoms with Crippen LogP contribution in [0.15, 0.2) is 22.2 Å². The van der Waals surface area contributed by atoms with Crippen molar-refractivity contribution in [2.24, 2.45) is 0 Å². The average Bonchev–Trinajstić information content (AvgIpc) is 3.60. The van der Waals surface area contributed by atoms with Crippen LogP contribution in [0.5, 0.6) is 0 Å². The number of nitrogens with one attached hydrogen (secondary N) is 1. The maximum Gasteiger partial charge on any atom is 0.472 e. The molecule has 2 saturated heterocycles. The van der Waals surface area contributed by atoms with Crippen LogP contribution in [0, 0.1) is 0 Å². The molecule has 0 radical (unpaired) electrons. The molecule has 6 N–H and O–H groups in total. The van der Waals surface area contributed by atoms with Gasteiger partial charge in [0.1, 0.15) is 37.1 Å². The number of hydrogen-bond donors (Lipinski definition) is 4. The lowest BCUT2D eigenvalue weighted by molar-refractivity contribution is -0.0642. The molecule has 2 aliphatic rings. The highest BCUT2D eigenvalue weighted by Gasteiger charge is 2.44. The summed E-state index contributed by atoms with van der Waals surface area (Å²) in [5, 5.41) is 0. The predicted octanol–water partition coefficient (Wildman–Crippen LogP) is -1.33. The Kier molecular flexibility index (Phi) is 7.98. The smallest absolute Gasteiger partial charge is 0.382 e. The Morgan fingerprint density at radius 1 is 1.05 bits per heavy atom. The van der Waals surface area contributed by atoms with E-state index in [-0.39, 0.29) is 42.5 Å². The second-order valence-corrected chi connectivity index (χ2v) is 10.5. The van der Waals surface area contributed by atoms with Crippen LogP contribution in [-0.4, -0.2) is 90.8 Å². The van der Waals surface area contributed by atoms with E-state index >= 15 is 0 Å².